The highest BCUT2D eigenvalue weighted by Crippen LogP contribution is 2.42. The third-order valence-electron chi connectivity index (χ3n) is 3.61. The number of hydrogen-bond acceptors (Lipinski definition) is 3. The van der Waals surface area contributed by atoms with E-state index in [-0.39, 0.29) is 6.04 Å². The van der Waals surface area contributed by atoms with Crippen molar-refractivity contribution in [1.29, 1.82) is 0 Å². The number of nitrogens with one attached hydrogen (secondary N) is 2. The summed E-state index contributed by atoms with van der Waals surface area (Å²) in [6.45, 7) is 4.57. The van der Waals surface area contributed by atoms with Crippen molar-refractivity contribution in [2.45, 2.75) is 25.8 Å². The molecule has 0 aromatic rings. The van der Waals surface area contributed by atoms with E-state index >= 15 is 0 Å². The van der Waals surface area contributed by atoms with Crippen LogP contribution in [0, 0.1) is 11.8 Å². The molecule has 2 unspecified atom stereocenters. The van der Waals surface area contributed by atoms with Crippen LogP contribution in [0.4, 0.5) is 0 Å². The molecule has 1 aliphatic carbocycles. The Hall–Kier alpha value is -0.170. The average Bonchev–Trinajstić information content (AvgIpc) is 2.69. The minimum atomic E-state index is -3.26. The standard InChI is InChI=1S/C10H21N3O2S/c1-3-4-5-13(2)16(14,15)12-10-8-6-11-7-9(8)10/h8-12H,3-7H2,1-2H3. The number of nitrogens with zero attached hydrogens (tertiary/aromatic N) is 1. The highest BCUT2D eigenvalue weighted by Gasteiger charge is 2.54. The van der Waals surface area contributed by atoms with Crippen LogP contribution in [0.25, 0.3) is 0 Å². The average molecular weight is 247 g/mol. The van der Waals surface area contributed by atoms with Gasteiger partial charge in [-0.1, -0.05) is 13.3 Å². The minimum absolute atomic E-state index is 0.176. The van der Waals surface area contributed by atoms with Gasteiger partial charge in [-0.3, -0.25) is 0 Å². The van der Waals surface area contributed by atoms with E-state index in [9.17, 15) is 8.42 Å². The lowest BCUT2D eigenvalue weighted by molar-refractivity contribution is 0.444. The van der Waals surface area contributed by atoms with Crippen LogP contribution in [0.5, 0.6) is 0 Å². The SMILES string of the molecule is CCCCN(C)S(=O)(=O)NC1C2CNCC21. The fraction of sp³-hybridized carbons (Fsp3) is 1.00. The molecule has 5 nitrogen and oxygen atoms in total. The first-order valence-corrected chi connectivity index (χ1v) is 7.44. The molecule has 0 bridgehead atoms. The second kappa shape index (κ2) is 4.60. The molecule has 0 aromatic carbocycles. The Morgan fingerprint density at radius 2 is 2.00 bits per heavy atom. The maximum atomic E-state index is 11.9. The molecule has 6 heteroatoms. The van der Waals surface area contributed by atoms with Crippen molar-refractivity contribution in [3.8, 4) is 0 Å². The summed E-state index contributed by atoms with van der Waals surface area (Å²) >= 11 is 0. The molecule has 2 N–H and O–H groups in total. The lowest BCUT2D eigenvalue weighted by Gasteiger charge is -2.18. The van der Waals surface area contributed by atoms with E-state index in [2.05, 4.69) is 17.0 Å². The molecular formula is C10H21N3O2S. The van der Waals surface area contributed by atoms with Crippen molar-refractivity contribution in [1.82, 2.24) is 14.3 Å². The van der Waals surface area contributed by atoms with Gasteiger partial charge in [-0.25, -0.2) is 0 Å². The Labute approximate surface area is 97.8 Å². The summed E-state index contributed by atoms with van der Waals surface area (Å²) in [7, 11) is -1.61. The predicted molar refractivity (Wildman–Crippen MR) is 63.2 cm³/mol. The molecule has 1 saturated carbocycles. The number of hydrogen-bond donors (Lipinski definition) is 2. The van der Waals surface area contributed by atoms with Crippen molar-refractivity contribution in [3.63, 3.8) is 0 Å². The molecular weight excluding hydrogens is 226 g/mol. The summed E-state index contributed by atoms with van der Waals surface area (Å²) in [5.41, 5.74) is 0. The first kappa shape index (κ1) is 12.3. The Kier molecular flexibility index (Phi) is 3.53. The van der Waals surface area contributed by atoms with Crippen LogP contribution in [0.3, 0.4) is 0 Å². The van der Waals surface area contributed by atoms with Gasteiger partial charge < -0.3 is 5.32 Å². The van der Waals surface area contributed by atoms with E-state index in [0.717, 1.165) is 25.9 Å². The van der Waals surface area contributed by atoms with Gasteiger partial charge in [-0.05, 0) is 31.3 Å². The van der Waals surface area contributed by atoms with Gasteiger partial charge >= 0.3 is 0 Å². The molecule has 2 atom stereocenters. The van der Waals surface area contributed by atoms with Crippen molar-refractivity contribution in [2.75, 3.05) is 26.7 Å². The number of rotatable bonds is 6. The number of piperidine rings is 1. The van der Waals surface area contributed by atoms with Gasteiger partial charge in [0.2, 0.25) is 0 Å². The summed E-state index contributed by atoms with van der Waals surface area (Å²) in [6, 6.07) is 0.176. The Balaban J connectivity index is 1.83. The van der Waals surface area contributed by atoms with Crippen molar-refractivity contribution >= 4 is 10.2 Å². The van der Waals surface area contributed by atoms with E-state index < -0.39 is 10.2 Å². The van der Waals surface area contributed by atoms with Crippen molar-refractivity contribution in [2.24, 2.45) is 11.8 Å². The minimum Gasteiger partial charge on any atom is -0.316 e. The highest BCUT2D eigenvalue weighted by atomic mass is 32.2. The van der Waals surface area contributed by atoms with E-state index in [1.807, 2.05) is 0 Å². The lowest BCUT2D eigenvalue weighted by Crippen LogP contribution is -2.42. The van der Waals surface area contributed by atoms with E-state index in [1.54, 1.807) is 7.05 Å². The Morgan fingerprint density at radius 3 is 2.56 bits per heavy atom. The first-order chi connectivity index (χ1) is 7.56. The molecule has 0 aromatic heterocycles. The molecule has 0 radical (unpaired) electrons. The largest absolute Gasteiger partial charge is 0.316 e. The number of fused-ring (bicyclic) bond motifs is 1. The molecule has 1 aliphatic heterocycles. The van der Waals surface area contributed by atoms with Crippen molar-refractivity contribution < 1.29 is 8.42 Å². The van der Waals surface area contributed by atoms with Gasteiger partial charge in [0.15, 0.2) is 0 Å². The highest BCUT2D eigenvalue weighted by molar-refractivity contribution is 7.87. The fourth-order valence-corrected chi connectivity index (χ4v) is 3.60. The summed E-state index contributed by atoms with van der Waals surface area (Å²) < 4.78 is 28.1. The maximum Gasteiger partial charge on any atom is 0.279 e. The van der Waals surface area contributed by atoms with Crippen LogP contribution in [0.1, 0.15) is 19.8 Å². The summed E-state index contributed by atoms with van der Waals surface area (Å²) in [5, 5.41) is 3.25. The quantitative estimate of drug-likeness (QED) is 0.681. The van der Waals surface area contributed by atoms with Gasteiger partial charge in [0.1, 0.15) is 0 Å². The summed E-state index contributed by atoms with van der Waals surface area (Å²) in [5.74, 6) is 1.05. The molecule has 2 rings (SSSR count). The van der Waals surface area contributed by atoms with Gasteiger partial charge in [-0.15, -0.1) is 0 Å². The van der Waals surface area contributed by atoms with Crippen molar-refractivity contribution in [3.05, 3.63) is 0 Å². The van der Waals surface area contributed by atoms with Crippen LogP contribution in [0.2, 0.25) is 0 Å². The van der Waals surface area contributed by atoms with E-state index in [1.165, 1.54) is 4.31 Å². The molecule has 0 amide bonds. The zero-order valence-electron chi connectivity index (χ0n) is 9.94. The van der Waals surface area contributed by atoms with Crippen LogP contribution < -0.4 is 10.0 Å². The Morgan fingerprint density at radius 1 is 1.38 bits per heavy atom. The van der Waals surface area contributed by atoms with Crippen LogP contribution >= 0.6 is 0 Å². The van der Waals surface area contributed by atoms with Gasteiger partial charge in [0.25, 0.3) is 10.2 Å². The smallest absolute Gasteiger partial charge is 0.279 e. The fourth-order valence-electron chi connectivity index (χ4n) is 2.36. The third-order valence-corrected chi connectivity index (χ3v) is 5.19. The monoisotopic (exact) mass is 247 g/mol. The molecule has 2 fully saturated rings. The topological polar surface area (TPSA) is 61.4 Å². The molecule has 16 heavy (non-hydrogen) atoms. The molecule has 1 heterocycles. The third kappa shape index (κ3) is 2.40. The van der Waals surface area contributed by atoms with Gasteiger partial charge in [-0.2, -0.15) is 17.4 Å². The second-order valence-electron chi connectivity index (χ2n) is 4.81. The number of unbranched alkanes of at least 4 members (excludes halogenated alkanes) is 1. The Bertz CT molecular complexity index is 334. The lowest BCUT2D eigenvalue weighted by atomic mass is 10.3. The van der Waals surface area contributed by atoms with E-state index in [4.69, 9.17) is 0 Å². The first-order valence-electron chi connectivity index (χ1n) is 6.00. The van der Waals surface area contributed by atoms with Gasteiger partial charge in [0.05, 0.1) is 0 Å². The molecule has 2 aliphatic rings. The predicted octanol–water partition coefficient (Wildman–Crippen LogP) is -0.229. The van der Waals surface area contributed by atoms with Crippen LogP contribution in [-0.4, -0.2) is 45.4 Å². The zero-order chi connectivity index (χ0) is 11.8. The normalized spacial score (nSPS) is 33.1. The molecule has 94 valence electrons. The van der Waals surface area contributed by atoms with Crippen LogP contribution in [-0.2, 0) is 10.2 Å². The second-order valence-corrected chi connectivity index (χ2v) is 6.62. The van der Waals surface area contributed by atoms with Gasteiger partial charge in [0, 0.05) is 19.6 Å². The van der Waals surface area contributed by atoms with E-state index in [0.29, 0.717) is 18.4 Å². The molecule has 0 spiro atoms. The summed E-state index contributed by atoms with van der Waals surface area (Å²) in [6.07, 6.45) is 1.93. The zero-order valence-corrected chi connectivity index (χ0v) is 10.8. The summed E-state index contributed by atoms with van der Waals surface area (Å²) in [4.78, 5) is 0. The maximum absolute atomic E-state index is 11.9. The van der Waals surface area contributed by atoms with Crippen LogP contribution in [0.15, 0.2) is 0 Å². The molecule has 1 saturated heterocycles.